The van der Waals surface area contributed by atoms with Crippen LogP contribution in [0.5, 0.6) is 11.5 Å². The van der Waals surface area contributed by atoms with Gasteiger partial charge in [-0.05, 0) is 56.7 Å². The molecule has 29 heavy (non-hydrogen) atoms. The van der Waals surface area contributed by atoms with Crippen LogP contribution in [0.25, 0.3) is 0 Å². The quantitative estimate of drug-likeness (QED) is 0.751. The average molecular weight is 417 g/mol. The lowest BCUT2D eigenvalue weighted by Crippen LogP contribution is -2.42. The Morgan fingerprint density at radius 3 is 2.66 bits per heavy atom. The predicted octanol–water partition coefficient (Wildman–Crippen LogP) is 4.52. The smallest absolute Gasteiger partial charge is 0.262 e. The van der Waals surface area contributed by atoms with E-state index in [9.17, 15) is 9.59 Å². The molecule has 2 aromatic carbocycles. The molecule has 0 aromatic heterocycles. The Bertz CT molecular complexity index is 896. The van der Waals surface area contributed by atoms with Gasteiger partial charge in [0.25, 0.3) is 5.91 Å². The van der Waals surface area contributed by atoms with E-state index < -0.39 is 5.41 Å². The molecule has 0 atom stereocenters. The number of fused-ring (bicyclic) bond motifs is 1. The molecule has 0 bridgehead atoms. The lowest BCUT2D eigenvalue weighted by Gasteiger charge is -2.27. The fourth-order valence-corrected chi connectivity index (χ4v) is 3.17. The molecule has 154 valence electrons. The standard InChI is InChI=1S/C22H25ClN2O4/c1-4-11-25-18-10-7-16(12-19(18)29-14-22(2,3)21(25)27)24-20(26)13-28-17-8-5-15(23)6-9-17/h5-10,12H,4,11,13-14H2,1-3H3,(H,24,26). The van der Waals surface area contributed by atoms with Crippen molar-refractivity contribution in [3.63, 3.8) is 0 Å². The number of anilines is 2. The number of halogens is 1. The molecule has 1 N–H and O–H groups in total. The number of ether oxygens (including phenoxy) is 2. The highest BCUT2D eigenvalue weighted by Gasteiger charge is 2.37. The Kier molecular flexibility index (Phi) is 6.33. The van der Waals surface area contributed by atoms with E-state index in [1.54, 1.807) is 47.4 Å². The molecule has 0 aliphatic carbocycles. The molecular formula is C22H25ClN2O4. The van der Waals surface area contributed by atoms with Crippen LogP contribution in [0, 0.1) is 5.41 Å². The second-order valence-electron chi connectivity index (χ2n) is 7.60. The Labute approximate surface area is 175 Å². The molecule has 0 fully saturated rings. The molecule has 1 aliphatic rings. The monoisotopic (exact) mass is 416 g/mol. The van der Waals surface area contributed by atoms with Crippen molar-refractivity contribution in [2.24, 2.45) is 5.41 Å². The van der Waals surface area contributed by atoms with Crippen LogP contribution >= 0.6 is 11.6 Å². The summed E-state index contributed by atoms with van der Waals surface area (Å²) in [5, 5.41) is 3.40. The van der Waals surface area contributed by atoms with Crippen LogP contribution in [0.2, 0.25) is 5.02 Å². The third kappa shape index (κ3) is 5.01. The summed E-state index contributed by atoms with van der Waals surface area (Å²) in [4.78, 5) is 26.9. The molecule has 0 saturated carbocycles. The number of nitrogens with zero attached hydrogens (tertiary/aromatic N) is 1. The Morgan fingerprint density at radius 1 is 1.24 bits per heavy atom. The topological polar surface area (TPSA) is 67.9 Å². The van der Waals surface area contributed by atoms with E-state index >= 15 is 0 Å². The molecule has 1 heterocycles. The Hall–Kier alpha value is -2.73. The van der Waals surface area contributed by atoms with Gasteiger partial charge in [-0.2, -0.15) is 0 Å². The maximum atomic E-state index is 12.9. The number of hydrogen-bond acceptors (Lipinski definition) is 4. The first-order chi connectivity index (χ1) is 13.8. The summed E-state index contributed by atoms with van der Waals surface area (Å²) in [6, 6.07) is 12.1. The SMILES string of the molecule is CCCN1C(=O)C(C)(C)COc2cc(NC(=O)COc3ccc(Cl)cc3)ccc21. The van der Waals surface area contributed by atoms with Gasteiger partial charge < -0.3 is 19.7 Å². The maximum Gasteiger partial charge on any atom is 0.262 e. The highest BCUT2D eigenvalue weighted by atomic mass is 35.5. The normalized spacial score (nSPS) is 15.2. The summed E-state index contributed by atoms with van der Waals surface area (Å²) in [6.45, 7) is 6.53. The summed E-state index contributed by atoms with van der Waals surface area (Å²) < 4.78 is 11.4. The van der Waals surface area contributed by atoms with Crippen molar-refractivity contribution in [2.75, 3.05) is 30.0 Å². The summed E-state index contributed by atoms with van der Waals surface area (Å²) in [5.41, 5.74) is 0.680. The third-order valence-electron chi connectivity index (χ3n) is 4.58. The van der Waals surface area contributed by atoms with Crippen LogP contribution in [-0.2, 0) is 9.59 Å². The van der Waals surface area contributed by atoms with Crippen LogP contribution in [0.3, 0.4) is 0 Å². The number of nitrogens with one attached hydrogen (secondary N) is 1. The highest BCUT2D eigenvalue weighted by Crippen LogP contribution is 2.38. The average Bonchev–Trinajstić information content (AvgIpc) is 2.78. The zero-order chi connectivity index (χ0) is 21.0. The molecule has 2 amide bonds. The third-order valence-corrected chi connectivity index (χ3v) is 4.83. The number of benzene rings is 2. The second kappa shape index (κ2) is 8.74. The number of carbonyl (C=O) groups excluding carboxylic acids is 2. The fraction of sp³-hybridized carbons (Fsp3) is 0.364. The lowest BCUT2D eigenvalue weighted by molar-refractivity contribution is -0.127. The van der Waals surface area contributed by atoms with E-state index in [1.807, 2.05) is 20.8 Å². The second-order valence-corrected chi connectivity index (χ2v) is 8.04. The summed E-state index contributed by atoms with van der Waals surface area (Å²) >= 11 is 5.84. The Balaban J connectivity index is 1.71. The van der Waals surface area contributed by atoms with Crippen molar-refractivity contribution < 1.29 is 19.1 Å². The molecule has 2 aromatic rings. The molecule has 3 rings (SSSR count). The van der Waals surface area contributed by atoms with Gasteiger partial charge in [0.15, 0.2) is 6.61 Å². The van der Waals surface area contributed by atoms with Crippen LogP contribution in [0.15, 0.2) is 42.5 Å². The predicted molar refractivity (Wildman–Crippen MR) is 114 cm³/mol. The van der Waals surface area contributed by atoms with Gasteiger partial charge in [0.05, 0.1) is 11.1 Å². The molecule has 0 unspecified atom stereocenters. The fourth-order valence-electron chi connectivity index (χ4n) is 3.05. The highest BCUT2D eigenvalue weighted by molar-refractivity contribution is 6.30. The zero-order valence-electron chi connectivity index (χ0n) is 16.8. The number of rotatable bonds is 6. The first-order valence-corrected chi connectivity index (χ1v) is 9.95. The molecule has 1 aliphatic heterocycles. The van der Waals surface area contributed by atoms with Gasteiger partial charge in [-0.15, -0.1) is 0 Å². The van der Waals surface area contributed by atoms with E-state index in [0.717, 1.165) is 12.1 Å². The van der Waals surface area contributed by atoms with Crippen LogP contribution in [0.4, 0.5) is 11.4 Å². The van der Waals surface area contributed by atoms with Gasteiger partial charge in [0.1, 0.15) is 18.1 Å². The van der Waals surface area contributed by atoms with Crippen molar-refractivity contribution in [1.29, 1.82) is 0 Å². The molecular weight excluding hydrogens is 392 g/mol. The Morgan fingerprint density at radius 2 is 1.97 bits per heavy atom. The van der Waals surface area contributed by atoms with Crippen molar-refractivity contribution in [2.45, 2.75) is 27.2 Å². The van der Waals surface area contributed by atoms with Gasteiger partial charge >= 0.3 is 0 Å². The van der Waals surface area contributed by atoms with Crippen molar-refractivity contribution in [1.82, 2.24) is 0 Å². The first kappa shape index (κ1) is 21.0. The van der Waals surface area contributed by atoms with E-state index in [0.29, 0.717) is 28.8 Å². The van der Waals surface area contributed by atoms with Gasteiger partial charge in [-0.25, -0.2) is 0 Å². The van der Waals surface area contributed by atoms with E-state index in [4.69, 9.17) is 21.1 Å². The minimum atomic E-state index is -0.621. The largest absolute Gasteiger partial charge is 0.490 e. The molecule has 0 spiro atoms. The summed E-state index contributed by atoms with van der Waals surface area (Å²) in [6.07, 6.45) is 0.835. The lowest BCUT2D eigenvalue weighted by atomic mass is 9.93. The van der Waals surface area contributed by atoms with Gasteiger partial charge in [-0.1, -0.05) is 18.5 Å². The first-order valence-electron chi connectivity index (χ1n) is 9.57. The number of hydrogen-bond donors (Lipinski definition) is 1. The van der Waals surface area contributed by atoms with Crippen LogP contribution < -0.4 is 19.7 Å². The zero-order valence-corrected chi connectivity index (χ0v) is 17.6. The molecule has 6 nitrogen and oxygen atoms in total. The summed E-state index contributed by atoms with van der Waals surface area (Å²) in [5.74, 6) is 0.876. The van der Waals surface area contributed by atoms with E-state index in [1.165, 1.54) is 0 Å². The van der Waals surface area contributed by atoms with Gasteiger partial charge in [-0.3, -0.25) is 9.59 Å². The van der Waals surface area contributed by atoms with Crippen molar-refractivity contribution in [3.05, 3.63) is 47.5 Å². The summed E-state index contributed by atoms with van der Waals surface area (Å²) in [7, 11) is 0. The number of amides is 2. The van der Waals surface area contributed by atoms with Crippen LogP contribution in [-0.4, -0.2) is 31.6 Å². The minimum Gasteiger partial charge on any atom is -0.490 e. The van der Waals surface area contributed by atoms with Crippen molar-refractivity contribution in [3.8, 4) is 11.5 Å². The van der Waals surface area contributed by atoms with Gasteiger partial charge in [0, 0.05) is 23.3 Å². The maximum absolute atomic E-state index is 12.9. The molecule has 0 radical (unpaired) electrons. The van der Waals surface area contributed by atoms with Gasteiger partial charge in [0.2, 0.25) is 5.91 Å². The van der Waals surface area contributed by atoms with Crippen molar-refractivity contribution >= 4 is 34.8 Å². The minimum absolute atomic E-state index is 0.0336. The number of carbonyl (C=O) groups is 2. The van der Waals surface area contributed by atoms with Crippen LogP contribution in [0.1, 0.15) is 27.2 Å². The molecule has 0 saturated heterocycles. The van der Waals surface area contributed by atoms with E-state index in [-0.39, 0.29) is 25.0 Å². The molecule has 7 heteroatoms. The van der Waals surface area contributed by atoms with E-state index in [2.05, 4.69) is 5.32 Å².